The molecule has 96 valence electrons. The number of halogens is 1. The molecule has 0 atom stereocenters. The van der Waals surface area contributed by atoms with E-state index in [2.05, 4.69) is 15.5 Å². The molecular weight excluding hydrogens is 254 g/mol. The Bertz CT molecular complexity index is 587. The molecule has 0 radical (unpaired) electrons. The first-order valence-corrected chi connectivity index (χ1v) is 5.89. The van der Waals surface area contributed by atoms with Crippen LogP contribution >= 0.6 is 11.6 Å². The highest BCUT2D eigenvalue weighted by atomic mass is 35.5. The van der Waals surface area contributed by atoms with E-state index in [1.165, 1.54) is 0 Å². The molecule has 0 saturated heterocycles. The van der Waals surface area contributed by atoms with Crippen molar-refractivity contribution in [3.63, 3.8) is 0 Å². The van der Waals surface area contributed by atoms with Gasteiger partial charge in [-0.15, -0.1) is 0 Å². The first-order valence-electron chi connectivity index (χ1n) is 5.51. The number of benzene rings is 1. The largest absolute Gasteiger partial charge is 0.389 e. The average Bonchev–Trinajstić information content (AvgIpc) is 2.67. The highest BCUT2D eigenvalue weighted by Gasteiger charge is 2.18. The molecule has 0 fully saturated rings. The Morgan fingerprint density at radius 1 is 1.56 bits per heavy atom. The smallest absolute Gasteiger partial charge is 0.272 e. The van der Waals surface area contributed by atoms with E-state index < -0.39 is 5.60 Å². The Labute approximate surface area is 109 Å². The van der Waals surface area contributed by atoms with Gasteiger partial charge >= 0.3 is 0 Å². The normalized spacial score (nSPS) is 11.8. The van der Waals surface area contributed by atoms with Crippen LogP contribution in [0.2, 0.25) is 5.02 Å². The number of hydrogen-bond acceptors (Lipinski definition) is 3. The Balaban J connectivity index is 2.25. The van der Waals surface area contributed by atoms with Gasteiger partial charge in [-0.3, -0.25) is 9.89 Å². The summed E-state index contributed by atoms with van der Waals surface area (Å²) in [5.74, 6) is -0.342. The Kier molecular flexibility index (Phi) is 3.28. The van der Waals surface area contributed by atoms with Crippen molar-refractivity contribution >= 4 is 28.4 Å². The van der Waals surface area contributed by atoms with E-state index in [-0.39, 0.29) is 18.1 Å². The Morgan fingerprint density at radius 2 is 2.28 bits per heavy atom. The zero-order chi connectivity index (χ0) is 13.3. The third-order valence-electron chi connectivity index (χ3n) is 2.42. The molecule has 0 bridgehead atoms. The van der Waals surface area contributed by atoms with Crippen LogP contribution in [0.1, 0.15) is 24.3 Å². The summed E-state index contributed by atoms with van der Waals surface area (Å²) < 4.78 is 0. The SMILES string of the molecule is CC(C)(O)CNC(=O)c1n[nH]c2ccc(Cl)cc12. The lowest BCUT2D eigenvalue weighted by atomic mass is 10.1. The molecule has 2 rings (SSSR count). The number of aliphatic hydroxyl groups is 1. The van der Waals surface area contributed by atoms with Gasteiger partial charge in [-0.1, -0.05) is 11.6 Å². The molecule has 0 spiro atoms. The number of amides is 1. The van der Waals surface area contributed by atoms with Gasteiger partial charge in [0.1, 0.15) is 0 Å². The first kappa shape index (κ1) is 12.9. The molecule has 0 aliphatic carbocycles. The van der Waals surface area contributed by atoms with Gasteiger partial charge < -0.3 is 10.4 Å². The van der Waals surface area contributed by atoms with Crippen molar-refractivity contribution in [2.75, 3.05) is 6.54 Å². The number of aromatic nitrogens is 2. The van der Waals surface area contributed by atoms with Gasteiger partial charge in [0.15, 0.2) is 5.69 Å². The summed E-state index contributed by atoms with van der Waals surface area (Å²) in [6.07, 6.45) is 0. The molecule has 6 heteroatoms. The predicted octanol–water partition coefficient (Wildman–Crippen LogP) is 1.72. The summed E-state index contributed by atoms with van der Waals surface area (Å²) in [7, 11) is 0. The second-order valence-corrected chi connectivity index (χ2v) is 5.19. The summed E-state index contributed by atoms with van der Waals surface area (Å²) >= 11 is 5.89. The lowest BCUT2D eigenvalue weighted by molar-refractivity contribution is 0.0692. The molecule has 18 heavy (non-hydrogen) atoms. The molecule has 1 heterocycles. The molecule has 1 amide bonds. The third-order valence-corrected chi connectivity index (χ3v) is 2.66. The molecule has 2 aromatic rings. The molecule has 0 aliphatic rings. The van der Waals surface area contributed by atoms with Crippen LogP contribution in [-0.2, 0) is 0 Å². The van der Waals surface area contributed by atoms with Crippen molar-refractivity contribution in [1.82, 2.24) is 15.5 Å². The van der Waals surface area contributed by atoms with Crippen molar-refractivity contribution in [1.29, 1.82) is 0 Å². The number of rotatable bonds is 3. The number of carbonyl (C=O) groups excluding carboxylic acids is 1. The number of H-pyrrole nitrogens is 1. The summed E-state index contributed by atoms with van der Waals surface area (Å²) in [6.45, 7) is 3.39. The maximum Gasteiger partial charge on any atom is 0.272 e. The standard InChI is InChI=1S/C12H14ClN3O2/c1-12(2,18)6-14-11(17)10-8-5-7(13)3-4-9(8)15-16-10/h3-5,18H,6H2,1-2H3,(H,14,17)(H,15,16). The maximum absolute atomic E-state index is 11.9. The highest BCUT2D eigenvalue weighted by Crippen LogP contribution is 2.20. The predicted molar refractivity (Wildman–Crippen MR) is 69.7 cm³/mol. The van der Waals surface area contributed by atoms with Crippen LogP contribution < -0.4 is 5.32 Å². The minimum Gasteiger partial charge on any atom is -0.389 e. The second kappa shape index (κ2) is 4.59. The highest BCUT2D eigenvalue weighted by molar-refractivity contribution is 6.31. The van der Waals surface area contributed by atoms with Gasteiger partial charge in [-0.2, -0.15) is 5.10 Å². The number of hydrogen-bond donors (Lipinski definition) is 3. The maximum atomic E-state index is 11.9. The fourth-order valence-corrected chi connectivity index (χ4v) is 1.71. The minimum absolute atomic E-state index is 0.154. The van der Waals surface area contributed by atoms with Crippen molar-refractivity contribution in [3.05, 3.63) is 28.9 Å². The third kappa shape index (κ3) is 2.80. The number of nitrogens with zero attached hydrogens (tertiary/aromatic N) is 1. The van der Waals surface area contributed by atoms with E-state index in [9.17, 15) is 9.90 Å². The summed E-state index contributed by atoms with van der Waals surface area (Å²) in [5.41, 5.74) is 0.0592. The van der Waals surface area contributed by atoms with Crippen LogP contribution in [0.4, 0.5) is 0 Å². The van der Waals surface area contributed by atoms with Gasteiger partial charge in [0.25, 0.3) is 5.91 Å². The minimum atomic E-state index is -0.959. The monoisotopic (exact) mass is 267 g/mol. The van der Waals surface area contributed by atoms with Gasteiger partial charge in [-0.05, 0) is 32.0 Å². The second-order valence-electron chi connectivity index (χ2n) is 4.76. The van der Waals surface area contributed by atoms with Crippen LogP contribution in [-0.4, -0.2) is 33.4 Å². The average molecular weight is 268 g/mol. The van der Waals surface area contributed by atoms with Gasteiger partial charge in [0.05, 0.1) is 11.1 Å². The van der Waals surface area contributed by atoms with Crippen molar-refractivity contribution in [3.8, 4) is 0 Å². The van der Waals surface area contributed by atoms with E-state index in [1.54, 1.807) is 32.0 Å². The van der Waals surface area contributed by atoms with Crippen LogP contribution in [0.3, 0.4) is 0 Å². The van der Waals surface area contributed by atoms with Crippen LogP contribution in [0.15, 0.2) is 18.2 Å². The Morgan fingerprint density at radius 3 is 2.94 bits per heavy atom. The summed E-state index contributed by atoms with van der Waals surface area (Å²) in [6, 6.07) is 5.16. The van der Waals surface area contributed by atoms with E-state index in [0.29, 0.717) is 10.4 Å². The van der Waals surface area contributed by atoms with Crippen molar-refractivity contribution in [2.24, 2.45) is 0 Å². The topological polar surface area (TPSA) is 78.0 Å². The number of fused-ring (bicyclic) bond motifs is 1. The first-order chi connectivity index (χ1) is 8.37. The fourth-order valence-electron chi connectivity index (χ4n) is 1.54. The van der Waals surface area contributed by atoms with Crippen molar-refractivity contribution in [2.45, 2.75) is 19.4 Å². The molecule has 3 N–H and O–H groups in total. The molecule has 1 aromatic heterocycles. The van der Waals surface area contributed by atoms with Crippen LogP contribution in [0.25, 0.3) is 10.9 Å². The quantitative estimate of drug-likeness (QED) is 0.792. The van der Waals surface area contributed by atoms with E-state index in [1.807, 2.05) is 0 Å². The summed E-state index contributed by atoms with van der Waals surface area (Å²) in [4.78, 5) is 11.9. The molecule has 0 aliphatic heterocycles. The van der Waals surface area contributed by atoms with E-state index in [4.69, 9.17) is 11.6 Å². The molecule has 5 nitrogen and oxygen atoms in total. The zero-order valence-corrected chi connectivity index (χ0v) is 10.9. The van der Waals surface area contributed by atoms with Gasteiger partial charge in [-0.25, -0.2) is 0 Å². The van der Waals surface area contributed by atoms with Gasteiger partial charge in [0, 0.05) is 17.0 Å². The van der Waals surface area contributed by atoms with Crippen molar-refractivity contribution < 1.29 is 9.90 Å². The lowest BCUT2D eigenvalue weighted by Crippen LogP contribution is -2.38. The number of nitrogens with one attached hydrogen (secondary N) is 2. The molecule has 1 aromatic carbocycles. The molecular formula is C12H14ClN3O2. The zero-order valence-electron chi connectivity index (χ0n) is 10.1. The fraction of sp³-hybridized carbons (Fsp3) is 0.333. The van der Waals surface area contributed by atoms with Gasteiger partial charge in [0.2, 0.25) is 0 Å². The molecule has 0 unspecified atom stereocenters. The van der Waals surface area contributed by atoms with Crippen LogP contribution in [0, 0.1) is 0 Å². The number of carbonyl (C=O) groups is 1. The van der Waals surface area contributed by atoms with E-state index >= 15 is 0 Å². The lowest BCUT2D eigenvalue weighted by Gasteiger charge is -2.17. The summed E-state index contributed by atoms with van der Waals surface area (Å²) in [5, 5.41) is 20.1. The molecule has 0 saturated carbocycles. The van der Waals surface area contributed by atoms with E-state index in [0.717, 1.165) is 5.52 Å². The van der Waals surface area contributed by atoms with Crippen LogP contribution in [0.5, 0.6) is 0 Å². The Hall–Kier alpha value is -1.59. The number of aromatic amines is 1.